The molecule has 0 saturated heterocycles. The fraction of sp³-hybridized carbons (Fsp3) is 1.00. The molecule has 0 aromatic carbocycles. The van der Waals surface area contributed by atoms with Crippen LogP contribution in [0.1, 0.15) is 0 Å². The van der Waals surface area contributed by atoms with Gasteiger partial charge in [-0.2, -0.15) is 0 Å². The summed E-state index contributed by atoms with van der Waals surface area (Å²) in [5, 5.41) is 0. The van der Waals surface area contributed by atoms with Crippen molar-refractivity contribution in [1.29, 1.82) is 0 Å². The molecule has 1 nitrogen and oxygen atoms in total. The van der Waals surface area contributed by atoms with E-state index in [-0.39, 0.29) is 5.48 Å². The quantitative estimate of drug-likeness (QED) is 0.449. The van der Waals surface area contributed by atoms with Crippen molar-refractivity contribution in [3.8, 4) is 0 Å². The monoisotopic (exact) mass is 136 g/mol. The van der Waals surface area contributed by atoms with E-state index in [1.807, 2.05) is 0 Å². The van der Waals surface area contributed by atoms with E-state index in [0.29, 0.717) is 0 Å². The number of halogens is 3. The second-order valence-corrected chi connectivity index (χ2v) is 2.23. The summed E-state index contributed by atoms with van der Waals surface area (Å²) in [7, 11) is 0. The summed E-state index contributed by atoms with van der Waals surface area (Å²) in [6.45, 7) is 0. The molecule has 0 heterocycles. The highest BCUT2D eigenvalue weighted by Crippen LogP contribution is 2.03. The summed E-state index contributed by atoms with van der Waals surface area (Å²) >= 11 is 14.4. The van der Waals surface area contributed by atoms with Crippen molar-refractivity contribution in [2.75, 3.05) is 0 Å². The number of alkyl halides is 3. The van der Waals surface area contributed by atoms with Crippen LogP contribution in [0, 0.1) is 0 Å². The molecule has 0 amide bonds. The van der Waals surface area contributed by atoms with Crippen LogP contribution in [0.2, 0.25) is 0 Å². The van der Waals surface area contributed by atoms with Gasteiger partial charge in [0.25, 0.3) is 0 Å². The van der Waals surface area contributed by atoms with Crippen molar-refractivity contribution < 1.29 is 5.48 Å². The average molecular weight is 137 g/mol. The number of rotatable bonds is 0. The van der Waals surface area contributed by atoms with E-state index in [4.69, 9.17) is 34.8 Å². The van der Waals surface area contributed by atoms with Crippen molar-refractivity contribution in [2.24, 2.45) is 0 Å². The maximum atomic E-state index is 4.81. The van der Waals surface area contributed by atoms with Gasteiger partial charge in [0.15, 0.2) is 4.30 Å². The van der Waals surface area contributed by atoms with Gasteiger partial charge < -0.3 is 5.48 Å². The fourth-order valence-corrected chi connectivity index (χ4v) is 0. The Kier molecular flexibility index (Phi) is 8.96. The van der Waals surface area contributed by atoms with Gasteiger partial charge in [0.1, 0.15) is 0 Å². The van der Waals surface area contributed by atoms with Gasteiger partial charge in [0.2, 0.25) is 0 Å². The van der Waals surface area contributed by atoms with Gasteiger partial charge in [-0.3, -0.25) is 0 Å². The van der Waals surface area contributed by atoms with Gasteiger partial charge in [-0.15, -0.1) is 0 Å². The standard InChI is InChI=1S/CHCl3.H2O/c2-1(3)4;/h1H;1H2. The molecule has 0 saturated carbocycles. The molecule has 34 valence electrons. The van der Waals surface area contributed by atoms with Crippen molar-refractivity contribution in [3.63, 3.8) is 0 Å². The molecule has 0 spiro atoms. The van der Waals surface area contributed by atoms with Crippen molar-refractivity contribution in [3.05, 3.63) is 0 Å². The molecule has 0 aromatic rings. The third-order valence-electron chi connectivity index (χ3n) is 0. The zero-order valence-electron chi connectivity index (χ0n) is 2.21. The lowest BCUT2D eigenvalue weighted by atomic mass is 11.9. The molecule has 0 unspecified atom stereocenters. The SMILES string of the molecule is ClC(Cl)Cl.O. The molecular weight excluding hydrogens is 134 g/mol. The Morgan fingerprint density at radius 1 is 1.00 bits per heavy atom. The van der Waals surface area contributed by atoms with Crippen LogP contribution in [0.4, 0.5) is 0 Å². The summed E-state index contributed by atoms with van der Waals surface area (Å²) in [6, 6.07) is 0. The molecular formula is CH3Cl3O. The third kappa shape index (κ3) is 56.2. The molecule has 5 heavy (non-hydrogen) atoms. The number of hydrogen-bond acceptors (Lipinski definition) is 0. The van der Waals surface area contributed by atoms with Gasteiger partial charge in [0.05, 0.1) is 0 Å². The first kappa shape index (κ1) is 9.27. The van der Waals surface area contributed by atoms with Crippen molar-refractivity contribution >= 4 is 34.8 Å². The Labute approximate surface area is 45.1 Å². The van der Waals surface area contributed by atoms with E-state index in [9.17, 15) is 0 Å². The minimum atomic E-state index is -0.750. The Morgan fingerprint density at radius 3 is 1.00 bits per heavy atom. The highest BCUT2D eigenvalue weighted by Gasteiger charge is 1.78. The molecule has 0 rings (SSSR count). The molecule has 0 atom stereocenters. The van der Waals surface area contributed by atoms with Gasteiger partial charge in [-0.25, -0.2) is 0 Å². The van der Waals surface area contributed by atoms with E-state index in [2.05, 4.69) is 0 Å². The van der Waals surface area contributed by atoms with Crippen LogP contribution in [-0.2, 0) is 0 Å². The first-order chi connectivity index (χ1) is 1.73. The summed E-state index contributed by atoms with van der Waals surface area (Å²) in [5.41, 5.74) is 0. The van der Waals surface area contributed by atoms with Crippen molar-refractivity contribution in [2.45, 2.75) is 4.30 Å². The highest BCUT2D eigenvalue weighted by molar-refractivity contribution is 6.63. The molecule has 0 aromatic heterocycles. The maximum Gasteiger partial charge on any atom is 0.180 e. The molecule has 2 N–H and O–H groups in total. The van der Waals surface area contributed by atoms with Gasteiger partial charge in [0, 0.05) is 0 Å². The molecule has 0 bridgehead atoms. The van der Waals surface area contributed by atoms with Crippen LogP contribution < -0.4 is 0 Å². The second-order valence-electron chi connectivity index (χ2n) is 0.247. The van der Waals surface area contributed by atoms with Crippen LogP contribution in [0.25, 0.3) is 0 Å². The summed E-state index contributed by atoms with van der Waals surface area (Å²) in [5.74, 6) is 0. The lowest BCUT2D eigenvalue weighted by Gasteiger charge is -1.69. The smallest absolute Gasteiger partial charge is 0.180 e. The summed E-state index contributed by atoms with van der Waals surface area (Å²) in [4.78, 5) is 0. The third-order valence-corrected chi connectivity index (χ3v) is 0. The lowest BCUT2D eigenvalue weighted by Crippen LogP contribution is -1.55. The van der Waals surface area contributed by atoms with Gasteiger partial charge >= 0.3 is 0 Å². The van der Waals surface area contributed by atoms with E-state index >= 15 is 0 Å². The molecule has 0 aliphatic rings. The minimum Gasteiger partial charge on any atom is -0.412 e. The van der Waals surface area contributed by atoms with Crippen LogP contribution in [0.3, 0.4) is 0 Å². The largest absolute Gasteiger partial charge is 0.412 e. The normalized spacial score (nSPS) is 7.20. The second kappa shape index (κ2) is 4.83. The van der Waals surface area contributed by atoms with Gasteiger partial charge in [-0.1, -0.05) is 34.8 Å². The molecule has 0 aliphatic carbocycles. The minimum absolute atomic E-state index is 0. The summed E-state index contributed by atoms with van der Waals surface area (Å²) < 4.78 is -0.750. The van der Waals surface area contributed by atoms with E-state index < -0.39 is 4.30 Å². The predicted molar refractivity (Wildman–Crippen MR) is 25.0 cm³/mol. The Morgan fingerprint density at radius 2 is 1.00 bits per heavy atom. The van der Waals surface area contributed by atoms with Gasteiger partial charge in [-0.05, 0) is 0 Å². The lowest BCUT2D eigenvalue weighted by molar-refractivity contribution is 0.824. The molecule has 0 aliphatic heterocycles. The first-order valence-corrected chi connectivity index (χ1v) is 1.96. The average Bonchev–Trinajstić information content (AvgIpc) is 0.811. The Balaban J connectivity index is 0. The Bertz CT molecular complexity index is 11.6. The van der Waals surface area contributed by atoms with Crippen LogP contribution >= 0.6 is 34.8 Å². The first-order valence-electron chi connectivity index (χ1n) is 0.655. The van der Waals surface area contributed by atoms with E-state index in [1.54, 1.807) is 0 Å². The van der Waals surface area contributed by atoms with E-state index in [0.717, 1.165) is 0 Å². The fourth-order valence-electron chi connectivity index (χ4n) is 0. The van der Waals surface area contributed by atoms with Crippen LogP contribution in [-0.4, -0.2) is 9.77 Å². The highest BCUT2D eigenvalue weighted by atomic mass is 35.6. The Hall–Kier alpha value is 0.830. The van der Waals surface area contributed by atoms with Crippen LogP contribution in [0.5, 0.6) is 0 Å². The summed E-state index contributed by atoms with van der Waals surface area (Å²) in [6.07, 6.45) is 0. The molecule has 0 fully saturated rings. The zero-order chi connectivity index (χ0) is 3.58. The number of hydrogen-bond donors (Lipinski definition) is 0. The molecule has 0 radical (unpaired) electrons. The maximum absolute atomic E-state index is 4.81. The zero-order valence-corrected chi connectivity index (χ0v) is 4.48. The topological polar surface area (TPSA) is 31.5 Å². The van der Waals surface area contributed by atoms with Crippen LogP contribution in [0.15, 0.2) is 0 Å². The van der Waals surface area contributed by atoms with Crippen molar-refractivity contribution in [1.82, 2.24) is 0 Å². The van der Waals surface area contributed by atoms with E-state index in [1.165, 1.54) is 0 Å². The molecule has 4 heteroatoms. The predicted octanol–water partition coefficient (Wildman–Crippen LogP) is 1.16.